The molecule has 26 heavy (non-hydrogen) atoms. The van der Waals surface area contributed by atoms with Crippen LogP contribution in [0.5, 0.6) is 0 Å². The molecular weight excluding hydrogens is 342 g/mol. The minimum atomic E-state index is 0.00254. The van der Waals surface area contributed by atoms with Crippen LogP contribution in [0.1, 0.15) is 36.0 Å². The maximum atomic E-state index is 5.61. The van der Waals surface area contributed by atoms with Crippen molar-refractivity contribution in [3.8, 4) is 5.82 Å². The van der Waals surface area contributed by atoms with Gasteiger partial charge in [-0.25, -0.2) is 4.98 Å². The van der Waals surface area contributed by atoms with Crippen molar-refractivity contribution in [3.05, 3.63) is 78.0 Å². The minimum Gasteiger partial charge on any atom is -0.352 e. The molecule has 5 nitrogen and oxygen atoms in total. The highest BCUT2D eigenvalue weighted by molar-refractivity contribution is 7.80. The largest absolute Gasteiger partial charge is 0.352 e. The van der Waals surface area contributed by atoms with Crippen molar-refractivity contribution in [2.24, 2.45) is 0 Å². The molecule has 0 bridgehead atoms. The van der Waals surface area contributed by atoms with E-state index in [1.54, 1.807) is 0 Å². The lowest BCUT2D eigenvalue weighted by atomic mass is 10.0. The molecule has 132 valence electrons. The van der Waals surface area contributed by atoms with Gasteiger partial charge in [-0.15, -0.1) is 0 Å². The van der Waals surface area contributed by atoms with Gasteiger partial charge in [0.2, 0.25) is 0 Å². The Morgan fingerprint density at radius 1 is 1.12 bits per heavy atom. The summed E-state index contributed by atoms with van der Waals surface area (Å²) in [6.45, 7) is 4.99. The topological polar surface area (TPSA) is 46.0 Å². The first-order valence-electron chi connectivity index (χ1n) is 8.77. The van der Waals surface area contributed by atoms with Gasteiger partial charge in [-0.1, -0.05) is 12.1 Å². The highest BCUT2D eigenvalue weighted by atomic mass is 32.1. The van der Waals surface area contributed by atoms with E-state index in [1.807, 2.05) is 43.6 Å². The molecule has 4 heterocycles. The van der Waals surface area contributed by atoms with Crippen molar-refractivity contribution in [2.45, 2.75) is 25.9 Å². The molecule has 0 amide bonds. The van der Waals surface area contributed by atoms with E-state index >= 15 is 0 Å². The van der Waals surface area contributed by atoms with Crippen LogP contribution in [-0.2, 0) is 0 Å². The van der Waals surface area contributed by atoms with Gasteiger partial charge in [-0.2, -0.15) is 0 Å². The number of aromatic nitrogens is 3. The van der Waals surface area contributed by atoms with Gasteiger partial charge in [0, 0.05) is 30.8 Å². The molecule has 1 N–H and O–H groups in total. The minimum absolute atomic E-state index is 0.00254. The molecule has 0 spiro atoms. The number of nitrogens with zero attached hydrogens (tertiary/aromatic N) is 4. The van der Waals surface area contributed by atoms with Crippen LogP contribution in [0.15, 0.2) is 61.1 Å². The molecule has 4 rings (SSSR count). The predicted octanol–water partition coefficient (Wildman–Crippen LogP) is 3.57. The van der Waals surface area contributed by atoms with Crippen molar-refractivity contribution in [2.75, 3.05) is 6.54 Å². The van der Waals surface area contributed by atoms with Crippen LogP contribution in [0.4, 0.5) is 0 Å². The molecular formula is C20H21N5S. The fourth-order valence-corrected chi connectivity index (χ4v) is 3.88. The summed E-state index contributed by atoms with van der Waals surface area (Å²) in [5.41, 5.74) is 3.28. The van der Waals surface area contributed by atoms with Gasteiger partial charge in [0.15, 0.2) is 5.11 Å². The van der Waals surface area contributed by atoms with Crippen LogP contribution < -0.4 is 5.32 Å². The molecule has 2 unspecified atom stereocenters. The van der Waals surface area contributed by atoms with Crippen LogP contribution in [0, 0.1) is 6.92 Å². The normalized spacial score (nSPS) is 19.6. The standard InChI is InChI=1S/C20H21N5S/c1-3-24-19(18(23-20(24)26)15-7-4-5-11-21-15)16-8-6-12-25(16)17-10-9-14(2)13-22-17/h4-13,18-19H,3H2,1-2H3,(H,23,26). The number of aryl methyl sites for hydroxylation is 1. The van der Waals surface area contributed by atoms with Gasteiger partial charge in [-0.05, 0) is 62.0 Å². The van der Waals surface area contributed by atoms with E-state index in [0.717, 1.165) is 34.4 Å². The average Bonchev–Trinajstić information content (AvgIpc) is 3.27. The summed E-state index contributed by atoms with van der Waals surface area (Å²) < 4.78 is 2.14. The smallest absolute Gasteiger partial charge is 0.170 e. The summed E-state index contributed by atoms with van der Waals surface area (Å²) in [5, 5.41) is 4.22. The SMILES string of the molecule is CCN1C(=S)NC(c2ccccn2)C1c1cccn1-c1ccc(C)cn1. The third kappa shape index (κ3) is 2.86. The Morgan fingerprint density at radius 2 is 2.00 bits per heavy atom. The maximum Gasteiger partial charge on any atom is 0.170 e. The predicted molar refractivity (Wildman–Crippen MR) is 106 cm³/mol. The van der Waals surface area contributed by atoms with Crippen LogP contribution in [0.3, 0.4) is 0 Å². The van der Waals surface area contributed by atoms with E-state index < -0.39 is 0 Å². The molecule has 0 saturated carbocycles. The number of rotatable bonds is 4. The number of hydrogen-bond donors (Lipinski definition) is 1. The highest BCUT2D eigenvalue weighted by Gasteiger charge is 2.40. The monoisotopic (exact) mass is 363 g/mol. The van der Waals surface area contributed by atoms with E-state index in [-0.39, 0.29) is 12.1 Å². The molecule has 0 aromatic carbocycles. The number of thiocarbonyl (C=S) groups is 1. The van der Waals surface area contributed by atoms with E-state index in [4.69, 9.17) is 12.2 Å². The van der Waals surface area contributed by atoms with Crippen molar-refractivity contribution in [3.63, 3.8) is 0 Å². The Morgan fingerprint density at radius 3 is 2.69 bits per heavy atom. The van der Waals surface area contributed by atoms with Gasteiger partial charge < -0.3 is 14.8 Å². The van der Waals surface area contributed by atoms with Crippen molar-refractivity contribution in [1.29, 1.82) is 0 Å². The van der Waals surface area contributed by atoms with Gasteiger partial charge in [0.1, 0.15) is 5.82 Å². The lowest BCUT2D eigenvalue weighted by Gasteiger charge is -2.27. The molecule has 1 aliphatic rings. The zero-order valence-corrected chi connectivity index (χ0v) is 15.6. The fourth-order valence-electron chi connectivity index (χ4n) is 3.51. The summed E-state index contributed by atoms with van der Waals surface area (Å²) in [4.78, 5) is 11.4. The van der Waals surface area contributed by atoms with Crippen molar-refractivity contribution < 1.29 is 0 Å². The number of likely N-dealkylation sites (N-methyl/N-ethyl adjacent to an activating group) is 1. The number of pyridine rings is 2. The average molecular weight is 363 g/mol. The fraction of sp³-hybridized carbons (Fsp3) is 0.250. The van der Waals surface area contributed by atoms with E-state index in [1.165, 1.54) is 0 Å². The third-order valence-corrected chi connectivity index (χ3v) is 5.12. The second kappa shape index (κ2) is 6.88. The van der Waals surface area contributed by atoms with Gasteiger partial charge in [0.25, 0.3) is 0 Å². The first-order valence-corrected chi connectivity index (χ1v) is 9.18. The van der Waals surface area contributed by atoms with Crippen LogP contribution >= 0.6 is 12.2 Å². The Kier molecular flexibility index (Phi) is 4.42. The zero-order chi connectivity index (χ0) is 18.1. The van der Waals surface area contributed by atoms with E-state index in [9.17, 15) is 0 Å². The first kappa shape index (κ1) is 16.7. The second-order valence-corrected chi connectivity index (χ2v) is 6.80. The van der Waals surface area contributed by atoms with Crippen LogP contribution in [0.25, 0.3) is 5.82 Å². The zero-order valence-electron chi connectivity index (χ0n) is 14.8. The van der Waals surface area contributed by atoms with E-state index in [2.05, 4.69) is 56.1 Å². The lowest BCUT2D eigenvalue weighted by Crippen LogP contribution is -2.30. The molecule has 1 saturated heterocycles. The Hall–Kier alpha value is -2.73. The summed E-state index contributed by atoms with van der Waals surface area (Å²) in [6.07, 6.45) is 5.77. The Bertz CT molecular complexity index is 903. The van der Waals surface area contributed by atoms with Gasteiger partial charge in [-0.3, -0.25) is 4.98 Å². The molecule has 1 aliphatic heterocycles. The molecule has 3 aromatic heterocycles. The first-order chi connectivity index (χ1) is 12.7. The molecule has 3 aromatic rings. The summed E-state index contributed by atoms with van der Waals surface area (Å²) in [7, 11) is 0. The Balaban J connectivity index is 1.80. The molecule has 0 aliphatic carbocycles. The number of hydrogen-bond acceptors (Lipinski definition) is 3. The van der Waals surface area contributed by atoms with Gasteiger partial charge >= 0.3 is 0 Å². The van der Waals surface area contributed by atoms with Gasteiger partial charge in [0.05, 0.1) is 17.8 Å². The summed E-state index contributed by atoms with van der Waals surface area (Å²) in [6, 6.07) is 14.4. The van der Waals surface area contributed by atoms with Crippen LogP contribution in [-0.4, -0.2) is 31.1 Å². The summed E-state index contributed by atoms with van der Waals surface area (Å²) in [5.74, 6) is 0.907. The second-order valence-electron chi connectivity index (χ2n) is 6.41. The molecule has 6 heteroatoms. The third-order valence-electron chi connectivity index (χ3n) is 4.76. The molecule has 2 atom stereocenters. The lowest BCUT2D eigenvalue weighted by molar-refractivity contribution is 0.321. The van der Waals surface area contributed by atoms with Crippen molar-refractivity contribution >= 4 is 17.3 Å². The summed E-state index contributed by atoms with van der Waals surface area (Å²) >= 11 is 5.61. The molecule has 0 radical (unpaired) electrons. The van der Waals surface area contributed by atoms with Crippen molar-refractivity contribution in [1.82, 2.24) is 24.8 Å². The highest BCUT2D eigenvalue weighted by Crippen LogP contribution is 2.39. The van der Waals surface area contributed by atoms with E-state index in [0.29, 0.717) is 0 Å². The maximum absolute atomic E-state index is 5.61. The quantitative estimate of drug-likeness (QED) is 0.718. The number of nitrogens with one attached hydrogen (secondary N) is 1. The molecule has 1 fully saturated rings. The Labute approximate surface area is 158 Å². The van der Waals surface area contributed by atoms with Crippen LogP contribution in [0.2, 0.25) is 0 Å².